The predicted molar refractivity (Wildman–Crippen MR) is 111 cm³/mol. The van der Waals surface area contributed by atoms with Crippen molar-refractivity contribution in [2.75, 3.05) is 25.5 Å². The van der Waals surface area contributed by atoms with Gasteiger partial charge >= 0.3 is 0 Å². The Hall–Kier alpha value is -2.25. The maximum Gasteiger partial charge on any atom is 0.233 e. The molecule has 0 bridgehead atoms. The number of carbonyl (C=O) groups excluding carboxylic acids is 1. The zero-order chi connectivity index (χ0) is 18.9. The third-order valence-corrected chi connectivity index (χ3v) is 7.16. The first-order valence-electron chi connectivity index (χ1n) is 9.45. The van der Waals surface area contributed by atoms with Crippen LogP contribution in [0, 0.1) is 0 Å². The summed E-state index contributed by atoms with van der Waals surface area (Å²) in [6.07, 6.45) is 2.02. The summed E-state index contributed by atoms with van der Waals surface area (Å²) in [5.74, 6) is 2.12. The molecule has 1 atom stereocenters. The van der Waals surface area contributed by atoms with Gasteiger partial charge in [-0.05, 0) is 43.2 Å². The molecule has 0 radical (unpaired) electrons. The molecule has 0 spiro atoms. The molecule has 3 aromatic rings. The van der Waals surface area contributed by atoms with E-state index in [4.69, 9.17) is 14.5 Å². The molecule has 0 aliphatic carbocycles. The highest BCUT2D eigenvalue weighted by atomic mass is 32.2. The lowest BCUT2D eigenvalue weighted by atomic mass is 10.2. The molecular weight excluding hydrogens is 392 g/mol. The van der Waals surface area contributed by atoms with Crippen LogP contribution in [0.3, 0.4) is 0 Å². The van der Waals surface area contributed by atoms with Crippen LogP contribution in [0.2, 0.25) is 0 Å². The zero-order valence-electron chi connectivity index (χ0n) is 15.3. The number of ether oxygens (including phenoxy) is 2. The van der Waals surface area contributed by atoms with Crippen LogP contribution in [0.15, 0.2) is 47.4 Å². The average Bonchev–Trinajstić information content (AvgIpc) is 3.38. The number of amides is 1. The van der Waals surface area contributed by atoms with Crippen LogP contribution in [0.5, 0.6) is 11.5 Å². The first-order valence-corrected chi connectivity index (χ1v) is 11.3. The number of benzene rings is 2. The highest BCUT2D eigenvalue weighted by molar-refractivity contribution is 8.00. The summed E-state index contributed by atoms with van der Waals surface area (Å²) in [6, 6.07) is 14.1. The number of carbonyl (C=O) groups is 1. The molecular formula is C21H20N2O3S2. The lowest BCUT2D eigenvalue weighted by molar-refractivity contribution is -0.129. The molecule has 2 aliphatic heterocycles. The fourth-order valence-electron chi connectivity index (χ4n) is 3.70. The number of fused-ring (bicyclic) bond motifs is 2. The van der Waals surface area contributed by atoms with Gasteiger partial charge in [0.1, 0.15) is 18.2 Å². The minimum atomic E-state index is 0.103. The number of thiazole rings is 1. The summed E-state index contributed by atoms with van der Waals surface area (Å²) in [4.78, 5) is 20.7. The summed E-state index contributed by atoms with van der Waals surface area (Å²) in [6.45, 7) is 1.96. The highest BCUT2D eigenvalue weighted by Crippen LogP contribution is 2.38. The van der Waals surface area contributed by atoms with E-state index in [1.54, 1.807) is 23.1 Å². The van der Waals surface area contributed by atoms with Crippen LogP contribution in [0.25, 0.3) is 10.2 Å². The number of likely N-dealkylation sites (tertiary alicyclic amines) is 1. The van der Waals surface area contributed by atoms with Crippen LogP contribution in [-0.2, 0) is 4.79 Å². The summed E-state index contributed by atoms with van der Waals surface area (Å²) in [5.41, 5.74) is 1.02. The topological polar surface area (TPSA) is 51.7 Å². The number of aromatic nitrogens is 1. The molecule has 28 heavy (non-hydrogen) atoms. The Morgan fingerprint density at radius 3 is 2.93 bits per heavy atom. The third kappa shape index (κ3) is 3.44. The predicted octanol–water partition coefficient (Wildman–Crippen LogP) is 4.52. The van der Waals surface area contributed by atoms with E-state index >= 15 is 0 Å². The Labute approximate surface area is 171 Å². The second kappa shape index (κ2) is 7.64. The zero-order valence-corrected chi connectivity index (χ0v) is 16.9. The van der Waals surface area contributed by atoms with Gasteiger partial charge in [-0.25, -0.2) is 4.98 Å². The average molecular weight is 413 g/mol. The van der Waals surface area contributed by atoms with Crippen molar-refractivity contribution in [1.29, 1.82) is 0 Å². The fourth-order valence-corrected chi connectivity index (χ4v) is 5.62. The molecule has 2 aromatic carbocycles. The maximum atomic E-state index is 12.9. The smallest absolute Gasteiger partial charge is 0.233 e. The molecule has 7 heteroatoms. The Balaban J connectivity index is 1.28. The monoisotopic (exact) mass is 412 g/mol. The van der Waals surface area contributed by atoms with Gasteiger partial charge in [-0.15, -0.1) is 23.1 Å². The Kier molecular flexibility index (Phi) is 4.86. The summed E-state index contributed by atoms with van der Waals surface area (Å²) in [7, 11) is 0. The molecule has 5 nitrogen and oxygen atoms in total. The standard InChI is InChI=1S/C21H20N2O3S2/c24-20(13-27-14-7-8-17-18(12-14)26-11-10-25-17)23-9-3-5-16(23)21-22-15-4-1-2-6-19(15)28-21/h1-2,4,6-8,12,16H,3,5,9-11,13H2. The van der Waals surface area contributed by atoms with Gasteiger partial charge in [0.25, 0.3) is 0 Å². The summed E-state index contributed by atoms with van der Waals surface area (Å²) in [5, 5.41) is 1.05. The molecule has 0 N–H and O–H groups in total. The molecule has 144 valence electrons. The second-order valence-corrected chi connectivity index (χ2v) is 8.97. The molecule has 3 heterocycles. The third-order valence-electron chi connectivity index (χ3n) is 5.04. The Bertz CT molecular complexity index is 987. The molecule has 1 amide bonds. The van der Waals surface area contributed by atoms with Gasteiger partial charge < -0.3 is 14.4 Å². The minimum Gasteiger partial charge on any atom is -0.486 e. The number of thioether (sulfide) groups is 1. The molecule has 1 unspecified atom stereocenters. The van der Waals surface area contributed by atoms with Crippen molar-refractivity contribution in [1.82, 2.24) is 9.88 Å². The van der Waals surface area contributed by atoms with Crippen LogP contribution in [0.4, 0.5) is 0 Å². The highest BCUT2D eigenvalue weighted by Gasteiger charge is 2.32. The number of nitrogens with zero attached hydrogens (tertiary/aromatic N) is 2. The number of hydrogen-bond donors (Lipinski definition) is 0. The van der Waals surface area contributed by atoms with Gasteiger partial charge in [0, 0.05) is 11.4 Å². The van der Waals surface area contributed by atoms with E-state index in [9.17, 15) is 4.79 Å². The van der Waals surface area contributed by atoms with E-state index in [1.807, 2.05) is 41.3 Å². The maximum absolute atomic E-state index is 12.9. The van der Waals surface area contributed by atoms with E-state index in [2.05, 4.69) is 6.07 Å². The van der Waals surface area contributed by atoms with Crippen LogP contribution in [0.1, 0.15) is 23.9 Å². The molecule has 1 fully saturated rings. The Morgan fingerprint density at radius 2 is 2.04 bits per heavy atom. The van der Waals surface area contributed by atoms with E-state index in [0.29, 0.717) is 19.0 Å². The van der Waals surface area contributed by atoms with E-state index in [1.165, 1.54) is 4.70 Å². The number of hydrogen-bond acceptors (Lipinski definition) is 6. The van der Waals surface area contributed by atoms with Gasteiger partial charge in [-0.3, -0.25) is 4.79 Å². The van der Waals surface area contributed by atoms with Gasteiger partial charge in [-0.1, -0.05) is 12.1 Å². The number of para-hydroxylation sites is 1. The van der Waals surface area contributed by atoms with E-state index in [-0.39, 0.29) is 11.9 Å². The number of rotatable bonds is 4. The van der Waals surface area contributed by atoms with Crippen molar-refractivity contribution >= 4 is 39.2 Å². The largest absolute Gasteiger partial charge is 0.486 e. The van der Waals surface area contributed by atoms with Gasteiger partial charge in [0.05, 0.1) is 22.0 Å². The van der Waals surface area contributed by atoms with Crippen molar-refractivity contribution in [2.45, 2.75) is 23.8 Å². The first-order chi connectivity index (χ1) is 13.8. The van der Waals surface area contributed by atoms with Crippen LogP contribution in [-0.4, -0.2) is 41.3 Å². The van der Waals surface area contributed by atoms with Crippen LogP contribution >= 0.6 is 23.1 Å². The van der Waals surface area contributed by atoms with Crippen molar-refractivity contribution in [2.24, 2.45) is 0 Å². The normalized spacial score (nSPS) is 18.6. The van der Waals surface area contributed by atoms with E-state index in [0.717, 1.165) is 46.3 Å². The molecule has 1 saturated heterocycles. The van der Waals surface area contributed by atoms with Gasteiger partial charge in [0.2, 0.25) is 5.91 Å². The lowest BCUT2D eigenvalue weighted by Gasteiger charge is -2.23. The molecule has 1 aromatic heterocycles. The summed E-state index contributed by atoms with van der Waals surface area (Å²) >= 11 is 3.25. The van der Waals surface area contributed by atoms with Crippen molar-refractivity contribution < 1.29 is 14.3 Å². The van der Waals surface area contributed by atoms with Gasteiger partial charge in [0.15, 0.2) is 11.5 Å². The fraction of sp³-hybridized carbons (Fsp3) is 0.333. The Morgan fingerprint density at radius 1 is 1.18 bits per heavy atom. The lowest BCUT2D eigenvalue weighted by Crippen LogP contribution is -2.31. The van der Waals surface area contributed by atoms with E-state index < -0.39 is 0 Å². The quantitative estimate of drug-likeness (QED) is 0.590. The van der Waals surface area contributed by atoms with Crippen LogP contribution < -0.4 is 9.47 Å². The van der Waals surface area contributed by atoms with Crippen molar-refractivity contribution in [3.05, 3.63) is 47.5 Å². The minimum absolute atomic E-state index is 0.103. The van der Waals surface area contributed by atoms with Crippen molar-refractivity contribution in [3.8, 4) is 11.5 Å². The first kappa shape index (κ1) is 17.8. The molecule has 0 saturated carbocycles. The van der Waals surface area contributed by atoms with Gasteiger partial charge in [-0.2, -0.15) is 0 Å². The molecule has 2 aliphatic rings. The van der Waals surface area contributed by atoms with Crippen molar-refractivity contribution in [3.63, 3.8) is 0 Å². The second-order valence-electron chi connectivity index (χ2n) is 6.86. The summed E-state index contributed by atoms with van der Waals surface area (Å²) < 4.78 is 12.4. The SMILES string of the molecule is O=C(CSc1ccc2c(c1)OCCO2)N1CCCC1c1nc2ccccc2s1. The molecule has 5 rings (SSSR count).